The Morgan fingerprint density at radius 2 is 2.17 bits per heavy atom. The minimum absolute atomic E-state index is 0.502. The van der Waals surface area contributed by atoms with E-state index in [4.69, 9.17) is 23.8 Å². The van der Waals surface area contributed by atoms with E-state index >= 15 is 0 Å². The monoisotopic (exact) mass is 292 g/mol. The molecule has 2 nitrogen and oxygen atoms in total. The number of hydrogen-bond acceptors (Lipinski definition) is 3. The standard InChI is InChI=1S/C13H9ClN2S2/c1-7-9-6-8(14)2-3-11(9)18-12(7)10-4-5-15-13(17)16-10/h2-6H,1H3,(H,15,16,17). The number of thiophene rings is 1. The van der Waals surface area contributed by atoms with Gasteiger partial charge in [0.25, 0.3) is 0 Å². The second-order valence-corrected chi connectivity index (χ2v) is 5.86. The highest BCUT2D eigenvalue weighted by Gasteiger charge is 2.10. The van der Waals surface area contributed by atoms with Gasteiger partial charge in [-0.15, -0.1) is 11.3 Å². The minimum Gasteiger partial charge on any atom is -0.330 e. The van der Waals surface area contributed by atoms with E-state index in [1.807, 2.05) is 18.2 Å². The lowest BCUT2D eigenvalue weighted by atomic mass is 10.1. The van der Waals surface area contributed by atoms with Crippen LogP contribution in [0, 0.1) is 11.7 Å². The molecule has 0 amide bonds. The molecule has 2 aromatic heterocycles. The highest BCUT2D eigenvalue weighted by Crippen LogP contribution is 2.38. The quantitative estimate of drug-likeness (QED) is 0.641. The zero-order valence-electron chi connectivity index (χ0n) is 9.53. The van der Waals surface area contributed by atoms with Crippen LogP contribution in [-0.4, -0.2) is 9.97 Å². The van der Waals surface area contributed by atoms with Gasteiger partial charge in [-0.05, 0) is 54.4 Å². The first-order valence-corrected chi connectivity index (χ1v) is 7.00. The Morgan fingerprint density at radius 1 is 1.33 bits per heavy atom. The van der Waals surface area contributed by atoms with E-state index in [9.17, 15) is 0 Å². The molecular formula is C13H9ClN2S2. The summed E-state index contributed by atoms with van der Waals surface area (Å²) in [6.07, 6.45) is 1.73. The summed E-state index contributed by atoms with van der Waals surface area (Å²) in [6, 6.07) is 7.91. The maximum Gasteiger partial charge on any atom is 0.197 e. The number of aryl methyl sites for hydroxylation is 1. The zero-order valence-corrected chi connectivity index (χ0v) is 11.9. The van der Waals surface area contributed by atoms with Crippen molar-refractivity contribution in [2.24, 2.45) is 0 Å². The molecular weight excluding hydrogens is 284 g/mol. The van der Waals surface area contributed by atoms with E-state index in [-0.39, 0.29) is 0 Å². The van der Waals surface area contributed by atoms with Crippen molar-refractivity contribution in [2.45, 2.75) is 6.92 Å². The Kier molecular flexibility index (Phi) is 2.93. The van der Waals surface area contributed by atoms with Crippen molar-refractivity contribution in [1.29, 1.82) is 0 Å². The van der Waals surface area contributed by atoms with Gasteiger partial charge in [-0.25, -0.2) is 4.98 Å². The van der Waals surface area contributed by atoms with Crippen LogP contribution >= 0.6 is 35.2 Å². The van der Waals surface area contributed by atoms with Crippen molar-refractivity contribution < 1.29 is 0 Å². The molecule has 0 aliphatic heterocycles. The first-order valence-electron chi connectivity index (χ1n) is 5.39. The van der Waals surface area contributed by atoms with Gasteiger partial charge in [0.1, 0.15) is 0 Å². The molecule has 0 atom stereocenters. The highest BCUT2D eigenvalue weighted by atomic mass is 35.5. The molecule has 5 heteroatoms. The summed E-state index contributed by atoms with van der Waals surface area (Å²) in [4.78, 5) is 8.31. The number of aromatic nitrogens is 2. The fourth-order valence-corrected chi connectivity index (χ4v) is 3.46. The van der Waals surface area contributed by atoms with Gasteiger partial charge in [-0.3, -0.25) is 0 Å². The lowest BCUT2D eigenvalue weighted by molar-refractivity contribution is 1.14. The first kappa shape index (κ1) is 11.8. The van der Waals surface area contributed by atoms with Gasteiger partial charge >= 0.3 is 0 Å². The summed E-state index contributed by atoms with van der Waals surface area (Å²) >= 11 is 12.8. The molecule has 3 aromatic rings. The van der Waals surface area contributed by atoms with Crippen LogP contribution in [0.2, 0.25) is 5.02 Å². The number of fused-ring (bicyclic) bond motifs is 1. The van der Waals surface area contributed by atoms with Gasteiger partial charge in [0, 0.05) is 15.9 Å². The van der Waals surface area contributed by atoms with Crippen LogP contribution in [0.15, 0.2) is 30.5 Å². The number of H-pyrrole nitrogens is 1. The number of aromatic amines is 1. The average molecular weight is 293 g/mol. The molecule has 0 aliphatic rings. The van der Waals surface area contributed by atoms with E-state index in [0.717, 1.165) is 10.7 Å². The second-order valence-electron chi connectivity index (χ2n) is 3.99. The molecule has 1 aromatic carbocycles. The van der Waals surface area contributed by atoms with Gasteiger partial charge in [0.15, 0.2) is 4.77 Å². The lowest BCUT2D eigenvalue weighted by Crippen LogP contribution is -1.85. The van der Waals surface area contributed by atoms with Gasteiger partial charge in [-0.1, -0.05) is 11.6 Å². The molecule has 1 N–H and O–H groups in total. The SMILES string of the molecule is Cc1c(-c2ccnc(=S)[nH]2)sc2ccc(Cl)cc12. The third-order valence-electron chi connectivity index (χ3n) is 2.82. The number of hydrogen-bond donors (Lipinski definition) is 1. The van der Waals surface area contributed by atoms with Gasteiger partial charge < -0.3 is 4.98 Å². The normalized spacial score (nSPS) is 11.0. The van der Waals surface area contributed by atoms with Gasteiger partial charge in [-0.2, -0.15) is 0 Å². The van der Waals surface area contributed by atoms with Gasteiger partial charge in [0.2, 0.25) is 0 Å². The highest BCUT2D eigenvalue weighted by molar-refractivity contribution is 7.71. The van der Waals surface area contributed by atoms with Crippen LogP contribution in [-0.2, 0) is 0 Å². The Labute approximate surface area is 118 Å². The summed E-state index contributed by atoms with van der Waals surface area (Å²) in [6.45, 7) is 2.10. The van der Waals surface area contributed by atoms with Crippen LogP contribution < -0.4 is 0 Å². The topological polar surface area (TPSA) is 28.7 Å². The van der Waals surface area contributed by atoms with E-state index in [1.165, 1.54) is 20.5 Å². The number of nitrogens with zero attached hydrogens (tertiary/aromatic N) is 1. The molecule has 2 heterocycles. The fraction of sp³-hybridized carbons (Fsp3) is 0.0769. The van der Waals surface area contributed by atoms with Crippen molar-refractivity contribution in [1.82, 2.24) is 9.97 Å². The largest absolute Gasteiger partial charge is 0.330 e. The predicted octanol–water partition coefficient (Wildman–Crippen LogP) is 4.98. The van der Waals surface area contributed by atoms with Gasteiger partial charge in [0.05, 0.1) is 10.6 Å². The average Bonchev–Trinajstić information content (AvgIpc) is 2.67. The van der Waals surface area contributed by atoms with Crippen LogP contribution in [0.25, 0.3) is 20.7 Å². The Bertz CT molecular complexity index is 789. The third kappa shape index (κ3) is 1.96. The predicted molar refractivity (Wildman–Crippen MR) is 80.0 cm³/mol. The molecule has 0 unspecified atom stereocenters. The van der Waals surface area contributed by atoms with Crippen LogP contribution in [0.4, 0.5) is 0 Å². The first-order chi connectivity index (χ1) is 8.65. The molecule has 0 spiro atoms. The Hall–Kier alpha value is -1.23. The maximum atomic E-state index is 6.04. The van der Waals surface area contributed by atoms with Crippen LogP contribution in [0.3, 0.4) is 0 Å². The molecule has 3 rings (SSSR count). The van der Waals surface area contributed by atoms with Crippen molar-refractivity contribution >= 4 is 45.2 Å². The minimum atomic E-state index is 0.502. The van der Waals surface area contributed by atoms with Crippen LogP contribution in [0.1, 0.15) is 5.56 Å². The zero-order chi connectivity index (χ0) is 12.7. The van der Waals surface area contributed by atoms with Crippen molar-refractivity contribution in [3.05, 3.63) is 45.8 Å². The Balaban J connectivity index is 2.30. The summed E-state index contributed by atoms with van der Waals surface area (Å²) < 4.78 is 1.73. The summed E-state index contributed by atoms with van der Waals surface area (Å²) in [5.41, 5.74) is 2.22. The van der Waals surface area contributed by atoms with Crippen molar-refractivity contribution in [3.63, 3.8) is 0 Å². The summed E-state index contributed by atoms with van der Waals surface area (Å²) in [7, 11) is 0. The molecule has 0 fully saturated rings. The lowest BCUT2D eigenvalue weighted by Gasteiger charge is -1.99. The van der Waals surface area contributed by atoms with E-state index in [1.54, 1.807) is 17.5 Å². The number of benzene rings is 1. The summed E-state index contributed by atoms with van der Waals surface area (Å²) in [5, 5.41) is 1.95. The molecule has 0 saturated carbocycles. The third-order valence-corrected chi connectivity index (χ3v) is 4.57. The number of rotatable bonds is 1. The van der Waals surface area contributed by atoms with Crippen molar-refractivity contribution in [3.8, 4) is 10.6 Å². The maximum absolute atomic E-state index is 6.04. The van der Waals surface area contributed by atoms with E-state index < -0.39 is 0 Å². The number of nitrogens with one attached hydrogen (secondary N) is 1. The second kappa shape index (κ2) is 4.46. The van der Waals surface area contributed by atoms with Crippen LogP contribution in [0.5, 0.6) is 0 Å². The molecule has 90 valence electrons. The molecule has 0 saturated heterocycles. The van der Waals surface area contributed by atoms with E-state index in [2.05, 4.69) is 23.0 Å². The molecule has 0 aliphatic carbocycles. The smallest absolute Gasteiger partial charge is 0.197 e. The molecule has 0 radical (unpaired) electrons. The Morgan fingerprint density at radius 3 is 2.94 bits per heavy atom. The molecule has 18 heavy (non-hydrogen) atoms. The molecule has 0 bridgehead atoms. The summed E-state index contributed by atoms with van der Waals surface area (Å²) in [5.74, 6) is 0. The van der Waals surface area contributed by atoms with Crippen molar-refractivity contribution in [2.75, 3.05) is 0 Å². The fourth-order valence-electron chi connectivity index (χ4n) is 1.95. The number of halogens is 1. The van der Waals surface area contributed by atoms with E-state index in [0.29, 0.717) is 4.77 Å².